The highest BCUT2D eigenvalue weighted by Gasteiger charge is 2.39. The summed E-state index contributed by atoms with van der Waals surface area (Å²) in [4.78, 5) is 45.7. The highest BCUT2D eigenvalue weighted by atomic mass is 16.2. The molecule has 7 nitrogen and oxygen atoms in total. The van der Waals surface area contributed by atoms with Crippen LogP contribution >= 0.6 is 0 Å². The molecule has 2 aliphatic heterocycles. The van der Waals surface area contributed by atoms with Crippen molar-refractivity contribution in [2.45, 2.75) is 64.0 Å². The van der Waals surface area contributed by atoms with Crippen LogP contribution < -0.4 is 10.2 Å². The predicted molar refractivity (Wildman–Crippen MR) is 122 cm³/mol. The number of benzene rings is 1. The molecule has 2 fully saturated rings. The second-order valence-electron chi connectivity index (χ2n) is 8.85. The first-order valence-corrected chi connectivity index (χ1v) is 11.4. The van der Waals surface area contributed by atoms with Crippen LogP contribution in [0.3, 0.4) is 0 Å². The van der Waals surface area contributed by atoms with E-state index in [-0.39, 0.29) is 24.3 Å². The molecule has 1 aromatic heterocycles. The van der Waals surface area contributed by atoms with Gasteiger partial charge in [-0.3, -0.25) is 14.6 Å². The average molecular weight is 435 g/mol. The van der Waals surface area contributed by atoms with E-state index in [0.29, 0.717) is 24.6 Å². The van der Waals surface area contributed by atoms with Crippen molar-refractivity contribution in [3.63, 3.8) is 0 Å². The van der Waals surface area contributed by atoms with E-state index in [2.05, 4.69) is 24.1 Å². The summed E-state index contributed by atoms with van der Waals surface area (Å²) in [5.74, 6) is 0.0825. The minimum Gasteiger partial charge on any atom is -0.336 e. The summed E-state index contributed by atoms with van der Waals surface area (Å²) in [6.45, 7) is 4.89. The Balaban J connectivity index is 1.39. The molecule has 0 radical (unpaired) electrons. The summed E-state index contributed by atoms with van der Waals surface area (Å²) in [6, 6.07) is 10.3. The van der Waals surface area contributed by atoms with Gasteiger partial charge in [-0.1, -0.05) is 32.0 Å². The molecule has 2 aromatic rings. The van der Waals surface area contributed by atoms with Gasteiger partial charge in [0.15, 0.2) is 0 Å². The number of piperidine rings is 1. The lowest BCUT2D eigenvalue weighted by molar-refractivity contribution is -0.135. The predicted octanol–water partition coefficient (Wildman–Crippen LogP) is 4.16. The molecule has 7 heteroatoms. The lowest BCUT2D eigenvalue weighted by Gasteiger charge is -2.36. The van der Waals surface area contributed by atoms with Crippen molar-refractivity contribution in [3.05, 3.63) is 59.9 Å². The Morgan fingerprint density at radius 1 is 1.16 bits per heavy atom. The maximum absolute atomic E-state index is 13.0. The van der Waals surface area contributed by atoms with Crippen molar-refractivity contribution >= 4 is 23.5 Å². The summed E-state index contributed by atoms with van der Waals surface area (Å²) in [5, 5.41) is 2.75. The molecule has 1 N–H and O–H groups in total. The third-order valence-electron chi connectivity index (χ3n) is 6.38. The van der Waals surface area contributed by atoms with Gasteiger partial charge in [-0.25, -0.2) is 9.69 Å². The number of carbonyl (C=O) groups is 3. The minimum absolute atomic E-state index is 0.0142. The van der Waals surface area contributed by atoms with E-state index in [4.69, 9.17) is 0 Å². The SMILES string of the molecule is CC(C)c1ccc(N2C(=O)N[C@H](CCC(=O)N3CCCC[C@@H]3c3cccnc3)C2=O)cc1. The van der Waals surface area contributed by atoms with Crippen LogP contribution in [0, 0.1) is 0 Å². The molecule has 2 atom stereocenters. The summed E-state index contributed by atoms with van der Waals surface area (Å²) < 4.78 is 0. The Morgan fingerprint density at radius 2 is 1.94 bits per heavy atom. The third-order valence-corrected chi connectivity index (χ3v) is 6.38. The fraction of sp³-hybridized carbons (Fsp3) is 0.440. The number of hydrogen-bond acceptors (Lipinski definition) is 4. The van der Waals surface area contributed by atoms with Gasteiger partial charge in [0.05, 0.1) is 11.7 Å². The molecule has 0 bridgehead atoms. The zero-order valence-corrected chi connectivity index (χ0v) is 18.7. The van der Waals surface area contributed by atoms with Crippen molar-refractivity contribution in [1.29, 1.82) is 0 Å². The third kappa shape index (κ3) is 4.52. The normalized spacial score (nSPS) is 21.2. The molecular formula is C25H30N4O3. The number of nitrogens with zero attached hydrogens (tertiary/aromatic N) is 3. The van der Waals surface area contributed by atoms with Gasteiger partial charge in [0.1, 0.15) is 6.04 Å². The molecule has 2 saturated heterocycles. The molecule has 0 unspecified atom stereocenters. The van der Waals surface area contributed by atoms with Gasteiger partial charge in [-0.05, 0) is 60.9 Å². The van der Waals surface area contributed by atoms with Crippen molar-refractivity contribution in [1.82, 2.24) is 15.2 Å². The van der Waals surface area contributed by atoms with Gasteiger partial charge in [0.2, 0.25) is 5.91 Å². The van der Waals surface area contributed by atoms with Crippen LogP contribution in [0.5, 0.6) is 0 Å². The minimum atomic E-state index is -0.683. The summed E-state index contributed by atoms with van der Waals surface area (Å²) in [7, 11) is 0. The van der Waals surface area contributed by atoms with E-state index in [1.54, 1.807) is 18.3 Å². The van der Waals surface area contributed by atoms with E-state index < -0.39 is 12.1 Å². The molecule has 168 valence electrons. The monoisotopic (exact) mass is 434 g/mol. The Kier molecular flexibility index (Phi) is 6.53. The number of hydrogen-bond donors (Lipinski definition) is 1. The van der Waals surface area contributed by atoms with Crippen LogP contribution in [-0.4, -0.2) is 40.3 Å². The molecule has 0 aliphatic carbocycles. The van der Waals surface area contributed by atoms with Crippen molar-refractivity contribution < 1.29 is 14.4 Å². The quantitative estimate of drug-likeness (QED) is 0.692. The van der Waals surface area contributed by atoms with Crippen LogP contribution in [0.2, 0.25) is 0 Å². The lowest BCUT2D eigenvalue weighted by atomic mass is 9.95. The second-order valence-corrected chi connectivity index (χ2v) is 8.85. The molecule has 3 heterocycles. The number of pyridine rings is 1. The van der Waals surface area contributed by atoms with Gasteiger partial charge < -0.3 is 10.2 Å². The number of aromatic nitrogens is 1. The van der Waals surface area contributed by atoms with Crippen LogP contribution in [0.1, 0.15) is 69.0 Å². The molecule has 1 aromatic carbocycles. The zero-order valence-electron chi connectivity index (χ0n) is 18.7. The van der Waals surface area contributed by atoms with E-state index in [9.17, 15) is 14.4 Å². The summed E-state index contributed by atoms with van der Waals surface area (Å²) in [5.41, 5.74) is 2.74. The average Bonchev–Trinajstić information content (AvgIpc) is 3.11. The highest BCUT2D eigenvalue weighted by molar-refractivity contribution is 6.21. The van der Waals surface area contributed by atoms with Crippen molar-refractivity contribution in [2.75, 3.05) is 11.4 Å². The highest BCUT2D eigenvalue weighted by Crippen LogP contribution is 2.31. The fourth-order valence-electron chi connectivity index (χ4n) is 4.54. The Hall–Kier alpha value is -3.22. The number of anilines is 1. The number of amides is 4. The Morgan fingerprint density at radius 3 is 2.62 bits per heavy atom. The number of likely N-dealkylation sites (tertiary alicyclic amines) is 1. The standard InChI is InChI=1S/C25H30N4O3/c1-17(2)18-8-10-20(11-9-18)29-24(31)21(27-25(29)32)12-13-23(30)28-15-4-3-7-22(28)19-6-5-14-26-16-19/h5-6,8-11,14,16-17,21-22H,3-4,7,12-13,15H2,1-2H3,(H,27,32)/t21-,22-/m1/s1. The van der Waals surface area contributed by atoms with E-state index in [0.717, 1.165) is 30.4 Å². The van der Waals surface area contributed by atoms with Gasteiger partial charge >= 0.3 is 6.03 Å². The molecule has 4 rings (SSSR count). The van der Waals surface area contributed by atoms with Gasteiger partial charge in [-0.2, -0.15) is 0 Å². The first kappa shape index (κ1) is 22.0. The van der Waals surface area contributed by atoms with E-state index in [1.165, 1.54) is 4.90 Å². The Bertz CT molecular complexity index is 974. The van der Waals surface area contributed by atoms with Crippen LogP contribution in [0.15, 0.2) is 48.8 Å². The van der Waals surface area contributed by atoms with Gasteiger partial charge in [0.25, 0.3) is 5.91 Å². The Labute approximate surface area is 188 Å². The molecule has 0 spiro atoms. The number of imide groups is 1. The van der Waals surface area contributed by atoms with Crippen LogP contribution in [0.4, 0.5) is 10.5 Å². The molecule has 32 heavy (non-hydrogen) atoms. The fourth-order valence-corrected chi connectivity index (χ4v) is 4.54. The molecule has 2 aliphatic rings. The van der Waals surface area contributed by atoms with E-state index in [1.807, 2.05) is 35.4 Å². The number of rotatable bonds is 6. The molecular weight excluding hydrogens is 404 g/mol. The van der Waals surface area contributed by atoms with Gasteiger partial charge in [0, 0.05) is 25.4 Å². The number of nitrogens with one attached hydrogen (secondary N) is 1. The van der Waals surface area contributed by atoms with Gasteiger partial charge in [-0.15, -0.1) is 0 Å². The van der Waals surface area contributed by atoms with Crippen molar-refractivity contribution in [3.8, 4) is 0 Å². The first-order chi connectivity index (χ1) is 15.5. The maximum atomic E-state index is 13.0. The van der Waals surface area contributed by atoms with Crippen LogP contribution in [-0.2, 0) is 9.59 Å². The zero-order chi connectivity index (χ0) is 22.7. The first-order valence-electron chi connectivity index (χ1n) is 11.4. The maximum Gasteiger partial charge on any atom is 0.329 e. The largest absolute Gasteiger partial charge is 0.336 e. The van der Waals surface area contributed by atoms with Crippen LogP contribution in [0.25, 0.3) is 0 Å². The van der Waals surface area contributed by atoms with Crippen molar-refractivity contribution in [2.24, 2.45) is 0 Å². The topological polar surface area (TPSA) is 82.6 Å². The number of urea groups is 1. The summed E-state index contributed by atoms with van der Waals surface area (Å²) >= 11 is 0. The number of carbonyl (C=O) groups excluding carboxylic acids is 3. The summed E-state index contributed by atoms with van der Waals surface area (Å²) in [6.07, 6.45) is 7.02. The molecule has 4 amide bonds. The second kappa shape index (κ2) is 9.51. The molecule has 0 saturated carbocycles. The van der Waals surface area contributed by atoms with E-state index >= 15 is 0 Å². The lowest BCUT2D eigenvalue weighted by Crippen LogP contribution is -2.39. The smallest absolute Gasteiger partial charge is 0.329 e.